The third-order valence-corrected chi connectivity index (χ3v) is 2.91. The van der Waals surface area contributed by atoms with E-state index in [-0.39, 0.29) is 11.9 Å². The summed E-state index contributed by atoms with van der Waals surface area (Å²) in [5.74, 6) is -0.203. The van der Waals surface area contributed by atoms with E-state index in [0.29, 0.717) is 10.8 Å². The first-order valence-electron chi connectivity index (χ1n) is 4.73. The molecular formula is C11H16FNS. The summed E-state index contributed by atoms with van der Waals surface area (Å²) < 4.78 is 13.5. The topological polar surface area (TPSA) is 26.0 Å². The molecule has 0 radical (unpaired) electrons. The quantitative estimate of drug-likeness (QED) is 0.779. The van der Waals surface area contributed by atoms with E-state index in [1.807, 2.05) is 13.0 Å². The van der Waals surface area contributed by atoms with Crippen molar-refractivity contribution < 1.29 is 4.39 Å². The maximum atomic E-state index is 13.5. The Morgan fingerprint density at radius 1 is 1.29 bits per heavy atom. The Morgan fingerprint density at radius 2 is 1.93 bits per heavy atom. The van der Waals surface area contributed by atoms with Gasteiger partial charge in [-0.2, -0.15) is 0 Å². The molecule has 0 aromatic heterocycles. The number of benzene rings is 1. The van der Waals surface area contributed by atoms with Gasteiger partial charge in [0.25, 0.3) is 0 Å². The standard InChI is InChI=1S/C11H16FNS/c1-7(2)14-10-6-4-5-9(12)11(10)8(3)13/h4-8H,13H2,1-3H3. The van der Waals surface area contributed by atoms with Gasteiger partial charge in [0.15, 0.2) is 0 Å². The Balaban J connectivity index is 3.08. The summed E-state index contributed by atoms with van der Waals surface area (Å²) in [5, 5.41) is 0.439. The summed E-state index contributed by atoms with van der Waals surface area (Å²) in [4.78, 5) is 0.954. The molecule has 78 valence electrons. The van der Waals surface area contributed by atoms with E-state index in [1.54, 1.807) is 17.8 Å². The fourth-order valence-corrected chi connectivity index (χ4v) is 2.39. The van der Waals surface area contributed by atoms with Gasteiger partial charge in [-0.05, 0) is 19.1 Å². The number of rotatable bonds is 3. The molecule has 0 spiro atoms. The lowest BCUT2D eigenvalue weighted by atomic mass is 10.1. The average molecular weight is 213 g/mol. The highest BCUT2D eigenvalue weighted by Gasteiger charge is 2.13. The van der Waals surface area contributed by atoms with E-state index < -0.39 is 0 Å². The van der Waals surface area contributed by atoms with Gasteiger partial charge in [-0.25, -0.2) is 4.39 Å². The van der Waals surface area contributed by atoms with E-state index in [4.69, 9.17) is 5.73 Å². The highest BCUT2D eigenvalue weighted by Crippen LogP contribution is 2.31. The SMILES string of the molecule is CC(C)Sc1cccc(F)c1C(C)N. The van der Waals surface area contributed by atoms with Gasteiger partial charge in [0.1, 0.15) is 5.82 Å². The van der Waals surface area contributed by atoms with Crippen molar-refractivity contribution in [3.63, 3.8) is 0 Å². The summed E-state index contributed by atoms with van der Waals surface area (Å²) in [6, 6.07) is 4.86. The molecule has 0 aliphatic carbocycles. The normalized spacial score (nSPS) is 13.3. The van der Waals surface area contributed by atoms with Gasteiger partial charge in [-0.15, -0.1) is 11.8 Å². The van der Waals surface area contributed by atoms with Crippen LogP contribution in [0.4, 0.5) is 4.39 Å². The molecule has 1 rings (SSSR count). The van der Waals surface area contributed by atoms with Gasteiger partial charge in [0, 0.05) is 21.8 Å². The third kappa shape index (κ3) is 2.72. The molecule has 0 aliphatic rings. The molecule has 1 aromatic rings. The van der Waals surface area contributed by atoms with E-state index in [1.165, 1.54) is 6.07 Å². The average Bonchev–Trinajstić information content (AvgIpc) is 2.01. The largest absolute Gasteiger partial charge is 0.324 e. The second kappa shape index (κ2) is 4.80. The lowest BCUT2D eigenvalue weighted by Crippen LogP contribution is -2.09. The van der Waals surface area contributed by atoms with Crippen LogP contribution in [0.1, 0.15) is 32.4 Å². The Kier molecular flexibility index (Phi) is 3.96. The lowest BCUT2D eigenvalue weighted by molar-refractivity contribution is 0.585. The van der Waals surface area contributed by atoms with Crippen LogP contribution < -0.4 is 5.73 Å². The smallest absolute Gasteiger partial charge is 0.129 e. The second-order valence-electron chi connectivity index (χ2n) is 3.61. The van der Waals surface area contributed by atoms with Crippen LogP contribution in [0.15, 0.2) is 23.1 Å². The van der Waals surface area contributed by atoms with Gasteiger partial charge in [-0.3, -0.25) is 0 Å². The predicted octanol–water partition coefficient (Wildman–Crippen LogP) is 3.35. The van der Waals surface area contributed by atoms with Crippen LogP contribution in [0.5, 0.6) is 0 Å². The molecule has 0 amide bonds. The zero-order chi connectivity index (χ0) is 10.7. The number of nitrogens with two attached hydrogens (primary N) is 1. The molecule has 0 heterocycles. The minimum Gasteiger partial charge on any atom is -0.324 e. The summed E-state index contributed by atoms with van der Waals surface area (Å²) in [5.41, 5.74) is 6.37. The van der Waals surface area contributed by atoms with Crippen molar-refractivity contribution in [3.05, 3.63) is 29.6 Å². The Labute approximate surface area is 88.9 Å². The Bertz CT molecular complexity index is 310. The van der Waals surface area contributed by atoms with Crippen molar-refractivity contribution in [3.8, 4) is 0 Å². The fourth-order valence-electron chi connectivity index (χ4n) is 1.32. The van der Waals surface area contributed by atoms with Gasteiger partial charge in [0.2, 0.25) is 0 Å². The van der Waals surface area contributed by atoms with Crippen molar-refractivity contribution in [2.45, 2.75) is 37.0 Å². The molecule has 0 saturated heterocycles. The molecule has 0 bridgehead atoms. The molecule has 0 fully saturated rings. The van der Waals surface area contributed by atoms with Crippen molar-refractivity contribution >= 4 is 11.8 Å². The molecule has 1 unspecified atom stereocenters. The van der Waals surface area contributed by atoms with Gasteiger partial charge >= 0.3 is 0 Å². The Morgan fingerprint density at radius 3 is 2.43 bits per heavy atom. The van der Waals surface area contributed by atoms with Crippen LogP contribution >= 0.6 is 11.8 Å². The summed E-state index contributed by atoms with van der Waals surface area (Å²) in [7, 11) is 0. The van der Waals surface area contributed by atoms with Crippen LogP contribution in [-0.2, 0) is 0 Å². The van der Waals surface area contributed by atoms with Crippen molar-refractivity contribution in [1.82, 2.24) is 0 Å². The van der Waals surface area contributed by atoms with E-state index in [0.717, 1.165) is 4.90 Å². The van der Waals surface area contributed by atoms with Crippen molar-refractivity contribution in [2.75, 3.05) is 0 Å². The molecular weight excluding hydrogens is 197 g/mol. The fraction of sp³-hybridized carbons (Fsp3) is 0.455. The first-order valence-corrected chi connectivity index (χ1v) is 5.61. The number of halogens is 1. The summed E-state index contributed by atoms with van der Waals surface area (Å²) in [6.07, 6.45) is 0. The number of hydrogen-bond acceptors (Lipinski definition) is 2. The number of hydrogen-bond donors (Lipinski definition) is 1. The van der Waals surface area contributed by atoms with Crippen LogP contribution in [0.25, 0.3) is 0 Å². The molecule has 2 N–H and O–H groups in total. The van der Waals surface area contributed by atoms with E-state index in [9.17, 15) is 4.39 Å². The monoisotopic (exact) mass is 213 g/mol. The summed E-state index contributed by atoms with van der Waals surface area (Å²) >= 11 is 1.65. The maximum Gasteiger partial charge on any atom is 0.129 e. The van der Waals surface area contributed by atoms with Gasteiger partial charge in [0.05, 0.1) is 0 Å². The number of thioether (sulfide) groups is 1. The summed E-state index contributed by atoms with van der Waals surface area (Å²) in [6.45, 7) is 5.98. The zero-order valence-corrected chi connectivity index (χ0v) is 9.57. The molecule has 0 saturated carbocycles. The molecule has 1 aromatic carbocycles. The van der Waals surface area contributed by atoms with Gasteiger partial charge in [-0.1, -0.05) is 19.9 Å². The molecule has 1 nitrogen and oxygen atoms in total. The maximum absolute atomic E-state index is 13.5. The van der Waals surface area contributed by atoms with E-state index >= 15 is 0 Å². The first kappa shape index (κ1) is 11.5. The van der Waals surface area contributed by atoms with Crippen LogP contribution in [0.2, 0.25) is 0 Å². The molecule has 3 heteroatoms. The highest BCUT2D eigenvalue weighted by atomic mass is 32.2. The first-order chi connectivity index (χ1) is 6.52. The zero-order valence-electron chi connectivity index (χ0n) is 8.75. The lowest BCUT2D eigenvalue weighted by Gasteiger charge is -2.14. The van der Waals surface area contributed by atoms with Crippen molar-refractivity contribution in [1.29, 1.82) is 0 Å². The van der Waals surface area contributed by atoms with Gasteiger partial charge < -0.3 is 5.73 Å². The van der Waals surface area contributed by atoms with Crippen LogP contribution in [-0.4, -0.2) is 5.25 Å². The minimum atomic E-state index is -0.252. The molecule has 14 heavy (non-hydrogen) atoms. The highest BCUT2D eigenvalue weighted by molar-refractivity contribution is 8.00. The van der Waals surface area contributed by atoms with Crippen LogP contribution in [0.3, 0.4) is 0 Å². The molecule has 1 atom stereocenters. The Hall–Kier alpha value is -0.540. The second-order valence-corrected chi connectivity index (χ2v) is 5.23. The van der Waals surface area contributed by atoms with E-state index in [2.05, 4.69) is 13.8 Å². The predicted molar refractivity (Wildman–Crippen MR) is 60.0 cm³/mol. The molecule has 0 aliphatic heterocycles. The van der Waals surface area contributed by atoms with Crippen molar-refractivity contribution in [2.24, 2.45) is 5.73 Å². The minimum absolute atomic E-state index is 0.203. The third-order valence-electron chi connectivity index (χ3n) is 1.83. The van der Waals surface area contributed by atoms with Crippen LogP contribution in [0, 0.1) is 5.82 Å².